The first-order chi connectivity index (χ1) is 7.24. The van der Waals surface area contributed by atoms with E-state index in [2.05, 4.69) is 34.6 Å². The van der Waals surface area contributed by atoms with Crippen LogP contribution in [-0.2, 0) is 4.79 Å². The van der Waals surface area contributed by atoms with Crippen molar-refractivity contribution in [2.45, 2.75) is 80.8 Å². The van der Waals surface area contributed by atoms with Crippen LogP contribution < -0.4 is 0 Å². The van der Waals surface area contributed by atoms with Crippen molar-refractivity contribution in [1.29, 1.82) is 0 Å². The van der Waals surface area contributed by atoms with E-state index >= 15 is 0 Å². The molecule has 0 N–H and O–H groups in total. The van der Waals surface area contributed by atoms with Crippen molar-refractivity contribution in [3.63, 3.8) is 0 Å². The van der Waals surface area contributed by atoms with Gasteiger partial charge in [-0.05, 0) is 34.1 Å². The van der Waals surface area contributed by atoms with E-state index in [0.717, 1.165) is 6.42 Å². The molecule has 0 aromatic rings. The first-order valence-electron chi connectivity index (χ1n) is 6.56. The third-order valence-corrected chi connectivity index (χ3v) is 2.81. The van der Waals surface area contributed by atoms with Crippen LogP contribution in [0.2, 0.25) is 0 Å². The molecule has 2 heteroatoms. The molecule has 0 aliphatic heterocycles. The molecule has 0 saturated carbocycles. The summed E-state index contributed by atoms with van der Waals surface area (Å²) in [5.74, 6) is 0.269. The molecule has 0 aliphatic carbocycles. The maximum Gasteiger partial charge on any atom is 0.228 e. The summed E-state index contributed by atoms with van der Waals surface area (Å²) in [5, 5.41) is 0. The molecule has 2 nitrogen and oxygen atoms in total. The van der Waals surface area contributed by atoms with Gasteiger partial charge in [-0.15, -0.1) is 0 Å². The van der Waals surface area contributed by atoms with Crippen LogP contribution in [0, 0.1) is 5.41 Å². The molecule has 0 spiro atoms. The topological polar surface area (TPSA) is 20.3 Å². The molecule has 0 radical (unpaired) electrons. The Labute approximate surface area is 102 Å². The molecule has 0 bridgehead atoms. The molecule has 0 aromatic carbocycles. The van der Waals surface area contributed by atoms with Gasteiger partial charge in [-0.2, -0.15) is 0 Å². The summed E-state index contributed by atoms with van der Waals surface area (Å²) in [5.41, 5.74) is -0.228. The van der Waals surface area contributed by atoms with E-state index in [-0.39, 0.29) is 23.4 Å². The summed E-state index contributed by atoms with van der Waals surface area (Å²) in [6, 6.07) is 0.571. The SMILES string of the molecule is CC.CCC(C)(C)C(=O)N(C(C)C)C(C)C. The standard InChI is InChI=1S/C12H25NO.C2H6/c1-8-12(6,7)11(14)13(9(2)3)10(4)5;1-2/h9-10H,8H2,1-7H3;1-2H3. The molecule has 0 aliphatic rings. The van der Waals surface area contributed by atoms with Gasteiger partial charge in [-0.1, -0.05) is 34.6 Å². The fourth-order valence-electron chi connectivity index (χ4n) is 1.57. The highest BCUT2D eigenvalue weighted by molar-refractivity contribution is 5.82. The molecule has 16 heavy (non-hydrogen) atoms. The van der Waals surface area contributed by atoms with E-state index in [4.69, 9.17) is 0 Å². The van der Waals surface area contributed by atoms with Gasteiger partial charge in [0.2, 0.25) is 5.91 Å². The lowest BCUT2D eigenvalue weighted by Crippen LogP contribution is -2.48. The van der Waals surface area contributed by atoms with Gasteiger partial charge >= 0.3 is 0 Å². The summed E-state index contributed by atoms with van der Waals surface area (Å²) < 4.78 is 0. The van der Waals surface area contributed by atoms with Crippen molar-refractivity contribution in [2.24, 2.45) is 5.41 Å². The van der Waals surface area contributed by atoms with Gasteiger partial charge < -0.3 is 4.90 Å². The Morgan fingerprint density at radius 1 is 1.06 bits per heavy atom. The maximum absolute atomic E-state index is 12.2. The Kier molecular flexibility index (Phi) is 8.59. The molecule has 0 rings (SSSR count). The molecule has 98 valence electrons. The summed E-state index contributed by atoms with van der Waals surface area (Å²) in [6.07, 6.45) is 0.891. The lowest BCUT2D eigenvalue weighted by Gasteiger charge is -2.37. The van der Waals surface area contributed by atoms with E-state index in [9.17, 15) is 4.79 Å². The summed E-state index contributed by atoms with van der Waals surface area (Å²) in [7, 11) is 0. The fraction of sp³-hybridized carbons (Fsp3) is 0.929. The Balaban J connectivity index is 0. The predicted molar refractivity (Wildman–Crippen MR) is 72.5 cm³/mol. The molecule has 0 fully saturated rings. The highest BCUT2D eigenvalue weighted by atomic mass is 16.2. The number of nitrogens with zero attached hydrogens (tertiary/aromatic N) is 1. The zero-order chi connectivity index (χ0) is 13.5. The minimum absolute atomic E-state index is 0.228. The van der Waals surface area contributed by atoms with E-state index in [1.807, 2.05) is 32.6 Å². The molecule has 0 heterocycles. The molecule has 0 unspecified atom stereocenters. The average molecular weight is 229 g/mol. The quantitative estimate of drug-likeness (QED) is 0.711. The molecular formula is C14H31NO. The van der Waals surface area contributed by atoms with E-state index in [1.54, 1.807) is 0 Å². The largest absolute Gasteiger partial charge is 0.337 e. The van der Waals surface area contributed by atoms with E-state index in [1.165, 1.54) is 0 Å². The molecule has 0 atom stereocenters. The number of rotatable bonds is 4. The Bertz CT molecular complexity index is 187. The summed E-state index contributed by atoms with van der Waals surface area (Å²) in [6.45, 7) is 18.4. The van der Waals surface area contributed by atoms with Gasteiger partial charge in [0.1, 0.15) is 0 Å². The highest BCUT2D eigenvalue weighted by Crippen LogP contribution is 2.25. The molecule has 0 aromatic heterocycles. The highest BCUT2D eigenvalue weighted by Gasteiger charge is 2.32. The van der Waals surface area contributed by atoms with Crippen LogP contribution in [0.15, 0.2) is 0 Å². The van der Waals surface area contributed by atoms with Crippen molar-refractivity contribution >= 4 is 5.91 Å². The predicted octanol–water partition coefficient (Wildman–Crippen LogP) is 4.09. The normalized spacial score (nSPS) is 11.2. The van der Waals surface area contributed by atoms with E-state index in [0.29, 0.717) is 0 Å². The van der Waals surface area contributed by atoms with E-state index < -0.39 is 0 Å². The van der Waals surface area contributed by atoms with Crippen molar-refractivity contribution in [1.82, 2.24) is 4.90 Å². The number of hydrogen-bond acceptors (Lipinski definition) is 1. The third-order valence-electron chi connectivity index (χ3n) is 2.81. The zero-order valence-electron chi connectivity index (χ0n) is 12.7. The van der Waals surface area contributed by atoms with Gasteiger partial charge in [0.25, 0.3) is 0 Å². The minimum Gasteiger partial charge on any atom is -0.337 e. The van der Waals surface area contributed by atoms with Crippen molar-refractivity contribution in [3.05, 3.63) is 0 Å². The van der Waals surface area contributed by atoms with Crippen LogP contribution >= 0.6 is 0 Å². The minimum atomic E-state index is -0.228. The second-order valence-corrected chi connectivity index (χ2v) is 5.14. The summed E-state index contributed by atoms with van der Waals surface area (Å²) in [4.78, 5) is 14.2. The van der Waals surface area contributed by atoms with Gasteiger partial charge in [0.05, 0.1) is 0 Å². The second kappa shape index (κ2) is 7.70. The Hall–Kier alpha value is -0.530. The molecular weight excluding hydrogens is 198 g/mol. The van der Waals surface area contributed by atoms with Crippen LogP contribution in [-0.4, -0.2) is 22.9 Å². The smallest absolute Gasteiger partial charge is 0.228 e. The average Bonchev–Trinajstić information content (AvgIpc) is 2.19. The molecule has 1 amide bonds. The maximum atomic E-state index is 12.2. The number of carbonyl (C=O) groups excluding carboxylic acids is 1. The Morgan fingerprint density at radius 3 is 1.56 bits per heavy atom. The van der Waals surface area contributed by atoms with Gasteiger partial charge in [-0.3, -0.25) is 4.79 Å². The number of amides is 1. The van der Waals surface area contributed by atoms with Crippen LogP contribution in [0.1, 0.15) is 68.7 Å². The third kappa shape index (κ3) is 5.00. The van der Waals surface area contributed by atoms with Crippen molar-refractivity contribution in [3.8, 4) is 0 Å². The number of carbonyl (C=O) groups is 1. The fourth-order valence-corrected chi connectivity index (χ4v) is 1.57. The number of hydrogen-bond donors (Lipinski definition) is 0. The van der Waals surface area contributed by atoms with Gasteiger partial charge in [0.15, 0.2) is 0 Å². The summed E-state index contributed by atoms with van der Waals surface area (Å²) >= 11 is 0. The first kappa shape index (κ1) is 17.9. The van der Waals surface area contributed by atoms with Crippen molar-refractivity contribution < 1.29 is 4.79 Å². The van der Waals surface area contributed by atoms with Crippen LogP contribution in [0.5, 0.6) is 0 Å². The van der Waals surface area contributed by atoms with Crippen LogP contribution in [0.4, 0.5) is 0 Å². The lowest BCUT2D eigenvalue weighted by atomic mass is 9.87. The molecule has 0 saturated heterocycles. The Morgan fingerprint density at radius 2 is 1.38 bits per heavy atom. The van der Waals surface area contributed by atoms with Gasteiger partial charge in [-0.25, -0.2) is 0 Å². The second-order valence-electron chi connectivity index (χ2n) is 5.14. The zero-order valence-corrected chi connectivity index (χ0v) is 12.7. The monoisotopic (exact) mass is 229 g/mol. The first-order valence-corrected chi connectivity index (χ1v) is 6.56. The van der Waals surface area contributed by atoms with Crippen LogP contribution in [0.3, 0.4) is 0 Å². The van der Waals surface area contributed by atoms with Crippen LogP contribution in [0.25, 0.3) is 0 Å². The van der Waals surface area contributed by atoms with Gasteiger partial charge in [0, 0.05) is 17.5 Å². The van der Waals surface area contributed by atoms with Crippen molar-refractivity contribution in [2.75, 3.05) is 0 Å². The lowest BCUT2D eigenvalue weighted by molar-refractivity contribution is -0.144.